The Morgan fingerprint density at radius 3 is 2.79 bits per heavy atom. The zero-order chi connectivity index (χ0) is 17.1. The summed E-state index contributed by atoms with van der Waals surface area (Å²) in [7, 11) is 0. The maximum Gasteiger partial charge on any atom is 0.251 e. The Kier molecular flexibility index (Phi) is 4.57. The maximum absolute atomic E-state index is 12.3. The van der Waals surface area contributed by atoms with Gasteiger partial charge >= 0.3 is 0 Å². The number of carbonyl (C=O) groups excluding carboxylic acids is 1. The van der Waals surface area contributed by atoms with Crippen LogP contribution in [0, 0.1) is 6.92 Å². The van der Waals surface area contributed by atoms with Gasteiger partial charge in [0.2, 0.25) is 0 Å². The maximum atomic E-state index is 12.3. The van der Waals surface area contributed by atoms with Gasteiger partial charge in [0.25, 0.3) is 5.91 Å². The summed E-state index contributed by atoms with van der Waals surface area (Å²) in [6.07, 6.45) is 4.97. The molecule has 0 aliphatic rings. The number of pyridine rings is 2. The Balaban J connectivity index is 1.80. The number of aromatic nitrogens is 4. The number of carbonyl (C=O) groups is 1. The van der Waals surface area contributed by atoms with Crippen LogP contribution in [0.3, 0.4) is 0 Å². The van der Waals surface area contributed by atoms with Gasteiger partial charge in [-0.3, -0.25) is 4.79 Å². The molecular formula is C17H16ClN5O. The number of nitrogens with zero attached hydrogens (tertiary/aromatic N) is 4. The van der Waals surface area contributed by atoms with Crippen LogP contribution in [0.15, 0.2) is 48.9 Å². The van der Waals surface area contributed by atoms with Gasteiger partial charge in [-0.05, 0) is 38.1 Å². The molecule has 0 aliphatic heterocycles. The lowest BCUT2D eigenvalue weighted by Gasteiger charge is -2.14. The molecule has 3 aromatic rings. The van der Waals surface area contributed by atoms with Gasteiger partial charge in [0.05, 0.1) is 12.2 Å². The third-order valence-electron chi connectivity index (χ3n) is 3.72. The van der Waals surface area contributed by atoms with Crippen LogP contribution < -0.4 is 5.32 Å². The Morgan fingerprint density at radius 1 is 1.25 bits per heavy atom. The third-order valence-corrected chi connectivity index (χ3v) is 3.92. The van der Waals surface area contributed by atoms with Crippen LogP contribution in [0.4, 0.5) is 0 Å². The molecule has 0 bridgehead atoms. The van der Waals surface area contributed by atoms with E-state index >= 15 is 0 Å². The van der Waals surface area contributed by atoms with Crippen LogP contribution in [0.2, 0.25) is 5.15 Å². The van der Waals surface area contributed by atoms with Crippen molar-refractivity contribution in [1.82, 2.24) is 25.1 Å². The average Bonchev–Trinajstić information content (AvgIpc) is 2.97. The van der Waals surface area contributed by atoms with Gasteiger partial charge in [-0.15, -0.1) is 0 Å². The summed E-state index contributed by atoms with van der Waals surface area (Å²) in [4.78, 5) is 20.5. The van der Waals surface area contributed by atoms with Crippen molar-refractivity contribution in [2.75, 3.05) is 0 Å². The highest BCUT2D eigenvalue weighted by Gasteiger charge is 2.17. The van der Waals surface area contributed by atoms with Crippen LogP contribution in [0.5, 0.6) is 0 Å². The monoisotopic (exact) mass is 341 g/mol. The van der Waals surface area contributed by atoms with Gasteiger partial charge in [0, 0.05) is 29.2 Å². The Bertz CT molecular complexity index is 862. The van der Waals surface area contributed by atoms with E-state index in [0.717, 1.165) is 17.1 Å². The van der Waals surface area contributed by atoms with Gasteiger partial charge in [0.1, 0.15) is 5.15 Å². The number of amides is 1. The van der Waals surface area contributed by atoms with Crippen molar-refractivity contribution in [2.45, 2.75) is 19.9 Å². The topological polar surface area (TPSA) is 72.7 Å². The molecule has 0 radical (unpaired) electrons. The van der Waals surface area contributed by atoms with E-state index in [2.05, 4.69) is 20.4 Å². The summed E-state index contributed by atoms with van der Waals surface area (Å²) in [6.45, 7) is 3.86. The van der Waals surface area contributed by atoms with Crippen molar-refractivity contribution < 1.29 is 4.79 Å². The van der Waals surface area contributed by atoms with E-state index in [1.807, 2.05) is 32.0 Å². The van der Waals surface area contributed by atoms with Crippen LogP contribution in [0.25, 0.3) is 5.82 Å². The van der Waals surface area contributed by atoms with E-state index in [4.69, 9.17) is 11.6 Å². The predicted octanol–water partition coefficient (Wildman–Crippen LogP) is 3.12. The van der Waals surface area contributed by atoms with Gasteiger partial charge in [-0.25, -0.2) is 14.6 Å². The SMILES string of the molecule is Cc1c([C@H](C)NC(=O)c2ccnc(Cl)c2)cnn1-c1ccccn1. The van der Waals surface area contributed by atoms with Crippen molar-refractivity contribution >= 4 is 17.5 Å². The Labute approximate surface area is 144 Å². The summed E-state index contributed by atoms with van der Waals surface area (Å²) in [5.41, 5.74) is 2.32. The summed E-state index contributed by atoms with van der Waals surface area (Å²) in [5, 5.41) is 7.61. The molecule has 0 fully saturated rings. The summed E-state index contributed by atoms with van der Waals surface area (Å²) in [5.74, 6) is 0.525. The number of hydrogen-bond acceptors (Lipinski definition) is 4. The largest absolute Gasteiger partial charge is 0.345 e. The second kappa shape index (κ2) is 6.80. The molecule has 0 saturated carbocycles. The lowest BCUT2D eigenvalue weighted by Crippen LogP contribution is -2.27. The fraction of sp³-hybridized carbons (Fsp3) is 0.176. The van der Waals surface area contributed by atoms with E-state index < -0.39 is 0 Å². The molecule has 0 aliphatic carbocycles. The van der Waals surface area contributed by atoms with Crippen molar-refractivity contribution in [2.24, 2.45) is 0 Å². The standard InChI is InChI=1S/C17H16ClN5O/c1-11(22-17(24)13-6-8-19-15(18)9-13)14-10-21-23(12(14)2)16-5-3-4-7-20-16/h3-11H,1-2H3,(H,22,24)/t11-/m0/s1. The summed E-state index contributed by atoms with van der Waals surface area (Å²) in [6, 6.07) is 8.59. The van der Waals surface area contributed by atoms with Crippen molar-refractivity contribution in [3.8, 4) is 5.82 Å². The Morgan fingerprint density at radius 2 is 2.08 bits per heavy atom. The molecule has 3 heterocycles. The first-order valence-electron chi connectivity index (χ1n) is 7.44. The quantitative estimate of drug-likeness (QED) is 0.740. The number of hydrogen-bond donors (Lipinski definition) is 1. The molecule has 1 N–H and O–H groups in total. The highest BCUT2D eigenvalue weighted by molar-refractivity contribution is 6.29. The molecule has 0 saturated heterocycles. The Hall–Kier alpha value is -2.73. The zero-order valence-electron chi connectivity index (χ0n) is 13.3. The highest BCUT2D eigenvalue weighted by atomic mass is 35.5. The van der Waals surface area contributed by atoms with E-state index in [0.29, 0.717) is 5.56 Å². The summed E-state index contributed by atoms with van der Waals surface area (Å²) >= 11 is 5.83. The van der Waals surface area contributed by atoms with Crippen LogP contribution in [0.1, 0.15) is 34.6 Å². The minimum atomic E-state index is -0.211. The molecule has 7 heteroatoms. The molecule has 122 valence electrons. The fourth-order valence-electron chi connectivity index (χ4n) is 2.46. The molecule has 0 aromatic carbocycles. The minimum Gasteiger partial charge on any atom is -0.345 e. The summed E-state index contributed by atoms with van der Waals surface area (Å²) < 4.78 is 1.75. The molecule has 6 nitrogen and oxygen atoms in total. The average molecular weight is 342 g/mol. The highest BCUT2D eigenvalue weighted by Crippen LogP contribution is 2.20. The molecule has 24 heavy (non-hydrogen) atoms. The van der Waals surface area contributed by atoms with Crippen molar-refractivity contribution in [3.63, 3.8) is 0 Å². The molecule has 3 aromatic heterocycles. The van der Waals surface area contributed by atoms with Crippen LogP contribution in [-0.2, 0) is 0 Å². The van der Waals surface area contributed by atoms with Crippen molar-refractivity contribution in [1.29, 1.82) is 0 Å². The van der Waals surface area contributed by atoms with Gasteiger partial charge in [-0.1, -0.05) is 17.7 Å². The fourth-order valence-corrected chi connectivity index (χ4v) is 2.63. The van der Waals surface area contributed by atoms with E-state index in [1.165, 1.54) is 12.3 Å². The van der Waals surface area contributed by atoms with Crippen LogP contribution >= 0.6 is 11.6 Å². The molecule has 0 unspecified atom stereocenters. The van der Waals surface area contributed by atoms with Gasteiger partial charge < -0.3 is 5.32 Å². The predicted molar refractivity (Wildman–Crippen MR) is 91.2 cm³/mol. The smallest absolute Gasteiger partial charge is 0.251 e. The van der Waals surface area contributed by atoms with E-state index in [1.54, 1.807) is 23.1 Å². The zero-order valence-corrected chi connectivity index (χ0v) is 14.0. The number of halogens is 1. The first kappa shape index (κ1) is 16.1. The minimum absolute atomic E-state index is 0.207. The normalized spacial score (nSPS) is 12.0. The molecule has 3 rings (SSSR count). The molecule has 1 amide bonds. The first-order chi connectivity index (χ1) is 11.6. The second-order valence-corrected chi connectivity index (χ2v) is 5.73. The van der Waals surface area contributed by atoms with Crippen molar-refractivity contribution in [3.05, 3.63) is 70.9 Å². The lowest BCUT2D eigenvalue weighted by atomic mass is 10.1. The third kappa shape index (κ3) is 3.28. The van der Waals surface area contributed by atoms with E-state index in [-0.39, 0.29) is 17.1 Å². The van der Waals surface area contributed by atoms with E-state index in [9.17, 15) is 4.79 Å². The first-order valence-corrected chi connectivity index (χ1v) is 7.82. The van der Waals surface area contributed by atoms with Gasteiger partial charge in [-0.2, -0.15) is 5.10 Å². The lowest BCUT2D eigenvalue weighted by molar-refractivity contribution is 0.0939. The second-order valence-electron chi connectivity index (χ2n) is 5.35. The number of rotatable bonds is 4. The van der Waals surface area contributed by atoms with Crippen LogP contribution in [-0.4, -0.2) is 25.7 Å². The molecule has 0 spiro atoms. The number of nitrogens with one attached hydrogen (secondary N) is 1. The van der Waals surface area contributed by atoms with Gasteiger partial charge in [0.15, 0.2) is 5.82 Å². The molecule has 1 atom stereocenters. The molecular weight excluding hydrogens is 326 g/mol.